The zero-order chi connectivity index (χ0) is 19.1. The molecule has 0 aliphatic heterocycles. The lowest BCUT2D eigenvalue weighted by molar-refractivity contribution is 0.101. The molecule has 4 aromatic rings. The molecule has 0 aliphatic rings. The van der Waals surface area contributed by atoms with E-state index < -0.39 is 0 Å². The number of hydrogen-bond donors (Lipinski definition) is 0. The van der Waals surface area contributed by atoms with E-state index in [9.17, 15) is 4.79 Å². The molecule has 1 radical (unpaired) electrons. The molecular weight excluding hydrogens is 356 g/mol. The number of carbonyl (C=O) groups excluding carboxylic acids is 1. The maximum absolute atomic E-state index is 11.8. The van der Waals surface area contributed by atoms with Crippen molar-refractivity contribution in [3.8, 4) is 11.3 Å². The molecule has 0 fully saturated rings. The van der Waals surface area contributed by atoms with E-state index in [0.29, 0.717) is 10.7 Å². The van der Waals surface area contributed by atoms with E-state index in [0.717, 1.165) is 39.6 Å². The number of para-hydroxylation sites is 1. The van der Waals surface area contributed by atoms with Crippen molar-refractivity contribution in [1.29, 1.82) is 0 Å². The molecule has 3 nitrogen and oxygen atoms in total. The standard InChI is InChI=1S/C23H20ClN2O/c1-14(2)13-26-21-9-8-16(15(3)27)10-18(21)12-22(26)19-11-17-6-4-5-7-20(17)25-23(19)24/h4-12H,13H2,1-3H3. The summed E-state index contributed by atoms with van der Waals surface area (Å²) in [7, 11) is 0. The minimum absolute atomic E-state index is 0.0647. The molecule has 135 valence electrons. The first-order valence-corrected chi connectivity index (χ1v) is 9.31. The third kappa shape index (κ3) is 3.24. The minimum atomic E-state index is 0.0647. The molecule has 0 atom stereocenters. The number of rotatable bonds is 4. The van der Waals surface area contributed by atoms with Gasteiger partial charge in [0.1, 0.15) is 5.15 Å². The Labute approximate surface area is 163 Å². The Hall–Kier alpha value is -2.65. The molecule has 0 amide bonds. The van der Waals surface area contributed by atoms with Crippen LogP contribution in [0.25, 0.3) is 33.1 Å². The van der Waals surface area contributed by atoms with Crippen LogP contribution in [0.1, 0.15) is 31.1 Å². The molecule has 2 aromatic carbocycles. The highest BCUT2D eigenvalue weighted by Crippen LogP contribution is 2.35. The number of nitrogens with zero attached hydrogens (tertiary/aromatic N) is 2. The second-order valence-electron chi connectivity index (χ2n) is 7.17. The molecule has 4 heteroatoms. The van der Waals surface area contributed by atoms with Crippen LogP contribution in [-0.4, -0.2) is 15.3 Å². The van der Waals surface area contributed by atoms with Crippen molar-refractivity contribution in [3.63, 3.8) is 0 Å². The van der Waals surface area contributed by atoms with Crippen molar-refractivity contribution in [1.82, 2.24) is 9.55 Å². The van der Waals surface area contributed by atoms with E-state index in [1.165, 1.54) is 5.92 Å². The second-order valence-corrected chi connectivity index (χ2v) is 7.53. The van der Waals surface area contributed by atoms with Crippen LogP contribution in [0.3, 0.4) is 0 Å². The van der Waals surface area contributed by atoms with Gasteiger partial charge < -0.3 is 4.57 Å². The fourth-order valence-electron chi connectivity index (χ4n) is 3.47. The summed E-state index contributed by atoms with van der Waals surface area (Å²) in [5.74, 6) is 1.35. The van der Waals surface area contributed by atoms with Crippen molar-refractivity contribution < 1.29 is 4.79 Å². The van der Waals surface area contributed by atoms with Crippen LogP contribution in [0.5, 0.6) is 0 Å². The first-order chi connectivity index (χ1) is 12.9. The summed E-state index contributed by atoms with van der Waals surface area (Å²) in [5.41, 5.74) is 4.59. The van der Waals surface area contributed by atoms with Gasteiger partial charge in [-0.15, -0.1) is 0 Å². The van der Waals surface area contributed by atoms with Gasteiger partial charge in [-0.3, -0.25) is 4.79 Å². The van der Waals surface area contributed by atoms with Crippen LogP contribution in [-0.2, 0) is 6.54 Å². The van der Waals surface area contributed by atoms with Gasteiger partial charge in [-0.2, -0.15) is 0 Å². The molecule has 0 bridgehead atoms. The predicted molar refractivity (Wildman–Crippen MR) is 112 cm³/mol. The second kappa shape index (κ2) is 6.82. The lowest BCUT2D eigenvalue weighted by Crippen LogP contribution is -2.05. The van der Waals surface area contributed by atoms with Crippen molar-refractivity contribution in [2.75, 3.05) is 0 Å². The van der Waals surface area contributed by atoms with Crippen LogP contribution in [0.15, 0.2) is 54.6 Å². The summed E-state index contributed by atoms with van der Waals surface area (Å²) in [5, 5.41) is 2.57. The zero-order valence-electron chi connectivity index (χ0n) is 15.6. The summed E-state index contributed by atoms with van der Waals surface area (Å²) in [6.07, 6.45) is 0. The Morgan fingerprint density at radius 1 is 1.00 bits per heavy atom. The van der Waals surface area contributed by atoms with Crippen LogP contribution < -0.4 is 0 Å². The molecule has 0 unspecified atom stereocenters. The number of Topliss-reactive ketones (excluding diaryl/α,β-unsaturated/α-hetero) is 1. The first-order valence-electron chi connectivity index (χ1n) is 8.93. The SMILES string of the molecule is C[C](C)Cn1c(-c2cc3ccccc3nc2Cl)cc2cc(C(C)=O)ccc21. The number of benzene rings is 2. The van der Waals surface area contributed by atoms with Gasteiger partial charge in [0.05, 0.1) is 11.2 Å². The van der Waals surface area contributed by atoms with E-state index in [1.807, 2.05) is 42.5 Å². The van der Waals surface area contributed by atoms with Crippen molar-refractivity contribution >= 4 is 39.2 Å². The maximum atomic E-state index is 11.8. The molecule has 0 spiro atoms. The largest absolute Gasteiger partial charge is 0.340 e. The average molecular weight is 376 g/mol. The summed E-state index contributed by atoms with van der Waals surface area (Å²) < 4.78 is 2.24. The van der Waals surface area contributed by atoms with Gasteiger partial charge in [-0.1, -0.05) is 43.6 Å². The molecule has 4 rings (SSSR count). The zero-order valence-corrected chi connectivity index (χ0v) is 16.3. The van der Waals surface area contributed by atoms with Crippen molar-refractivity contribution in [3.05, 3.63) is 71.2 Å². The minimum Gasteiger partial charge on any atom is -0.340 e. The van der Waals surface area contributed by atoms with Crippen LogP contribution in [0.4, 0.5) is 0 Å². The third-order valence-electron chi connectivity index (χ3n) is 4.74. The maximum Gasteiger partial charge on any atom is 0.159 e. The quantitative estimate of drug-likeness (QED) is 0.308. The molecular formula is C23H20ClN2O. The van der Waals surface area contributed by atoms with Gasteiger partial charge in [0.25, 0.3) is 0 Å². The molecule has 0 saturated heterocycles. The first kappa shape index (κ1) is 17.7. The van der Waals surface area contributed by atoms with E-state index in [1.54, 1.807) is 6.92 Å². The van der Waals surface area contributed by atoms with Crippen molar-refractivity contribution in [2.24, 2.45) is 0 Å². The number of pyridine rings is 1. The molecule has 27 heavy (non-hydrogen) atoms. The Morgan fingerprint density at radius 3 is 2.52 bits per heavy atom. The molecule has 2 aromatic heterocycles. The number of ketones is 1. The van der Waals surface area contributed by atoms with E-state index in [2.05, 4.69) is 35.5 Å². The Morgan fingerprint density at radius 2 is 1.78 bits per heavy atom. The average Bonchev–Trinajstić information content (AvgIpc) is 2.98. The fraction of sp³-hybridized carbons (Fsp3) is 0.174. The molecule has 2 heterocycles. The highest BCUT2D eigenvalue weighted by atomic mass is 35.5. The Kier molecular flexibility index (Phi) is 4.48. The van der Waals surface area contributed by atoms with Crippen LogP contribution in [0.2, 0.25) is 5.15 Å². The fourth-order valence-corrected chi connectivity index (χ4v) is 3.71. The third-order valence-corrected chi connectivity index (χ3v) is 5.02. The van der Waals surface area contributed by atoms with Crippen LogP contribution in [0, 0.1) is 5.92 Å². The highest BCUT2D eigenvalue weighted by molar-refractivity contribution is 6.32. The summed E-state index contributed by atoms with van der Waals surface area (Å²) >= 11 is 6.57. The number of halogens is 1. The lowest BCUT2D eigenvalue weighted by Gasteiger charge is -2.14. The van der Waals surface area contributed by atoms with Crippen molar-refractivity contribution in [2.45, 2.75) is 27.3 Å². The smallest absolute Gasteiger partial charge is 0.159 e. The summed E-state index contributed by atoms with van der Waals surface area (Å²) in [6.45, 7) is 6.59. The Balaban J connectivity index is 1.99. The predicted octanol–water partition coefficient (Wildman–Crippen LogP) is 6.33. The van der Waals surface area contributed by atoms with Gasteiger partial charge in [-0.25, -0.2) is 4.98 Å². The number of fused-ring (bicyclic) bond motifs is 2. The summed E-state index contributed by atoms with van der Waals surface area (Å²) in [6, 6.07) is 18.0. The molecule has 0 N–H and O–H groups in total. The molecule has 0 saturated carbocycles. The lowest BCUT2D eigenvalue weighted by atomic mass is 10.1. The topological polar surface area (TPSA) is 34.9 Å². The van der Waals surface area contributed by atoms with E-state index in [-0.39, 0.29) is 5.78 Å². The van der Waals surface area contributed by atoms with Crippen LogP contribution >= 0.6 is 11.6 Å². The van der Waals surface area contributed by atoms with Gasteiger partial charge in [0, 0.05) is 34.0 Å². The van der Waals surface area contributed by atoms with E-state index >= 15 is 0 Å². The normalized spacial score (nSPS) is 11.6. The van der Waals surface area contributed by atoms with E-state index in [4.69, 9.17) is 11.6 Å². The number of carbonyl (C=O) groups is 1. The van der Waals surface area contributed by atoms with Gasteiger partial charge >= 0.3 is 0 Å². The van der Waals surface area contributed by atoms with Gasteiger partial charge in [0.2, 0.25) is 0 Å². The monoisotopic (exact) mass is 375 g/mol. The number of aromatic nitrogens is 2. The highest BCUT2D eigenvalue weighted by Gasteiger charge is 2.17. The number of hydrogen-bond acceptors (Lipinski definition) is 2. The molecule has 0 aliphatic carbocycles. The Bertz CT molecular complexity index is 1170. The van der Waals surface area contributed by atoms with Gasteiger partial charge in [-0.05, 0) is 49.2 Å². The van der Waals surface area contributed by atoms with Gasteiger partial charge in [0.15, 0.2) is 5.78 Å². The summed E-state index contributed by atoms with van der Waals surface area (Å²) in [4.78, 5) is 16.4.